The third kappa shape index (κ3) is 4.84. The van der Waals surface area contributed by atoms with Crippen LogP contribution in [0, 0.1) is 0 Å². The largest absolute Gasteiger partial charge is 0.303 e. The Morgan fingerprint density at radius 2 is 1.70 bits per heavy atom. The minimum absolute atomic E-state index is 0.288. The molecule has 0 bridgehead atoms. The van der Waals surface area contributed by atoms with E-state index in [4.69, 9.17) is 0 Å². The van der Waals surface area contributed by atoms with Crippen molar-refractivity contribution in [1.29, 1.82) is 0 Å². The van der Waals surface area contributed by atoms with Gasteiger partial charge in [-0.05, 0) is 61.2 Å². The van der Waals surface area contributed by atoms with Gasteiger partial charge in [-0.2, -0.15) is 5.10 Å². The molecule has 0 unspecified atom stereocenters. The van der Waals surface area contributed by atoms with E-state index in [0.717, 1.165) is 35.2 Å². The molecule has 0 spiro atoms. The maximum absolute atomic E-state index is 11.9. The van der Waals surface area contributed by atoms with Gasteiger partial charge < -0.3 is 4.90 Å². The van der Waals surface area contributed by atoms with Crippen LogP contribution in [-0.2, 0) is 16.3 Å². The number of piperidine rings is 1. The van der Waals surface area contributed by atoms with Crippen LogP contribution in [0.1, 0.15) is 24.8 Å². The van der Waals surface area contributed by atoms with Gasteiger partial charge in [0.2, 0.25) is 0 Å². The monoisotopic (exact) mass is 460 g/mol. The van der Waals surface area contributed by atoms with Crippen molar-refractivity contribution in [2.45, 2.75) is 30.6 Å². The standard InChI is InChI=1S/C26H28N4O2S/c1-33(31,32)24-7-5-6-22(16-24)25-18-28-30-19-23(17-27-26(25)30)21-10-8-20(9-11-21)12-15-29-13-3-2-4-14-29/h5-11,16-19H,2-4,12-15H2,1H3. The first-order valence-corrected chi connectivity index (χ1v) is 13.3. The molecule has 0 aliphatic carbocycles. The molecule has 7 heteroatoms. The highest BCUT2D eigenvalue weighted by atomic mass is 32.2. The molecule has 2 aromatic heterocycles. The van der Waals surface area contributed by atoms with E-state index in [9.17, 15) is 8.42 Å². The average Bonchev–Trinajstić information content (AvgIpc) is 3.27. The first-order chi connectivity index (χ1) is 16.0. The molecule has 1 aliphatic rings. The second-order valence-corrected chi connectivity index (χ2v) is 10.8. The summed E-state index contributed by atoms with van der Waals surface area (Å²) >= 11 is 0. The van der Waals surface area contributed by atoms with Crippen molar-refractivity contribution < 1.29 is 8.42 Å². The molecule has 0 N–H and O–H groups in total. The summed E-state index contributed by atoms with van der Waals surface area (Å²) in [6, 6.07) is 15.6. The first kappa shape index (κ1) is 21.8. The Morgan fingerprint density at radius 1 is 0.909 bits per heavy atom. The summed E-state index contributed by atoms with van der Waals surface area (Å²) < 4.78 is 25.6. The third-order valence-electron chi connectivity index (χ3n) is 6.38. The number of nitrogens with zero attached hydrogens (tertiary/aromatic N) is 4. The number of benzene rings is 2. The summed E-state index contributed by atoms with van der Waals surface area (Å²) in [5.41, 5.74) is 5.73. The quantitative estimate of drug-likeness (QED) is 0.424. The second kappa shape index (κ2) is 9.08. The van der Waals surface area contributed by atoms with E-state index in [1.807, 2.05) is 18.5 Å². The van der Waals surface area contributed by atoms with Crippen LogP contribution in [0.4, 0.5) is 0 Å². The summed E-state index contributed by atoms with van der Waals surface area (Å²) in [4.78, 5) is 7.50. The molecule has 6 nitrogen and oxygen atoms in total. The van der Waals surface area contributed by atoms with Crippen molar-refractivity contribution in [3.63, 3.8) is 0 Å². The highest BCUT2D eigenvalue weighted by Crippen LogP contribution is 2.27. The third-order valence-corrected chi connectivity index (χ3v) is 7.49. The molecule has 170 valence electrons. The highest BCUT2D eigenvalue weighted by molar-refractivity contribution is 7.90. The number of sulfone groups is 1. The summed E-state index contributed by atoms with van der Waals surface area (Å²) in [7, 11) is -3.28. The molecule has 5 rings (SSSR count). The van der Waals surface area contributed by atoms with Crippen LogP contribution in [0.5, 0.6) is 0 Å². The van der Waals surface area contributed by atoms with Gasteiger partial charge in [0.15, 0.2) is 15.5 Å². The van der Waals surface area contributed by atoms with Gasteiger partial charge in [0.25, 0.3) is 0 Å². The number of hydrogen-bond acceptors (Lipinski definition) is 5. The zero-order chi connectivity index (χ0) is 22.8. The number of fused-ring (bicyclic) bond motifs is 1. The lowest BCUT2D eigenvalue weighted by Crippen LogP contribution is -2.31. The topological polar surface area (TPSA) is 67.6 Å². The van der Waals surface area contributed by atoms with Crippen LogP contribution in [0.3, 0.4) is 0 Å². The minimum Gasteiger partial charge on any atom is -0.303 e. The number of hydrogen-bond donors (Lipinski definition) is 0. The maximum Gasteiger partial charge on any atom is 0.175 e. The molecule has 1 saturated heterocycles. The average molecular weight is 461 g/mol. The van der Waals surface area contributed by atoms with Gasteiger partial charge in [0.1, 0.15) is 0 Å². The fourth-order valence-electron chi connectivity index (χ4n) is 4.46. The van der Waals surface area contributed by atoms with Crippen LogP contribution >= 0.6 is 0 Å². The Hall–Kier alpha value is -3.03. The number of likely N-dealkylation sites (tertiary alicyclic amines) is 1. The molecule has 2 aromatic carbocycles. The van der Waals surface area contributed by atoms with Crippen molar-refractivity contribution in [2.24, 2.45) is 0 Å². The SMILES string of the molecule is CS(=O)(=O)c1cccc(-c2cnn3cc(-c4ccc(CCN5CCCCC5)cc4)cnc23)c1. The van der Waals surface area contributed by atoms with Crippen LogP contribution < -0.4 is 0 Å². The van der Waals surface area contributed by atoms with Gasteiger partial charge in [-0.1, -0.05) is 42.8 Å². The normalized spacial score (nSPS) is 15.2. The second-order valence-electron chi connectivity index (χ2n) is 8.82. The van der Waals surface area contributed by atoms with Crippen molar-refractivity contribution >= 4 is 15.5 Å². The van der Waals surface area contributed by atoms with Crippen molar-refractivity contribution in [3.05, 3.63) is 72.7 Å². The van der Waals surface area contributed by atoms with E-state index < -0.39 is 9.84 Å². The van der Waals surface area contributed by atoms with Crippen molar-refractivity contribution in [3.8, 4) is 22.3 Å². The van der Waals surface area contributed by atoms with E-state index in [1.54, 1.807) is 28.9 Å². The molecule has 33 heavy (non-hydrogen) atoms. The van der Waals surface area contributed by atoms with Crippen molar-refractivity contribution in [2.75, 3.05) is 25.9 Å². The predicted octanol–water partition coefficient (Wildman–Crippen LogP) is 4.50. The summed E-state index contributed by atoms with van der Waals surface area (Å²) in [6.07, 6.45) is 11.9. The van der Waals surface area contributed by atoms with Crippen molar-refractivity contribution in [1.82, 2.24) is 19.5 Å². The van der Waals surface area contributed by atoms with E-state index in [0.29, 0.717) is 5.65 Å². The molecular formula is C26H28N4O2S. The lowest BCUT2D eigenvalue weighted by atomic mass is 10.0. The molecule has 0 saturated carbocycles. The predicted molar refractivity (Wildman–Crippen MR) is 131 cm³/mol. The zero-order valence-corrected chi connectivity index (χ0v) is 19.6. The van der Waals surface area contributed by atoms with Crippen LogP contribution in [-0.4, -0.2) is 53.8 Å². The molecule has 1 fully saturated rings. The molecular weight excluding hydrogens is 432 g/mol. The molecule has 1 aliphatic heterocycles. The molecule has 0 amide bonds. The van der Waals surface area contributed by atoms with Crippen LogP contribution in [0.2, 0.25) is 0 Å². The van der Waals surface area contributed by atoms with Gasteiger partial charge in [-0.3, -0.25) is 0 Å². The number of rotatable bonds is 6. The smallest absolute Gasteiger partial charge is 0.175 e. The highest BCUT2D eigenvalue weighted by Gasteiger charge is 2.13. The van der Waals surface area contributed by atoms with E-state index in [-0.39, 0.29) is 4.90 Å². The fraction of sp³-hybridized carbons (Fsp3) is 0.308. The maximum atomic E-state index is 11.9. The van der Waals surface area contributed by atoms with Crippen LogP contribution in [0.15, 0.2) is 72.0 Å². The van der Waals surface area contributed by atoms with Crippen LogP contribution in [0.25, 0.3) is 27.9 Å². The summed E-state index contributed by atoms with van der Waals surface area (Å²) in [5, 5.41) is 4.47. The van der Waals surface area contributed by atoms with E-state index in [1.165, 1.54) is 44.2 Å². The van der Waals surface area contributed by atoms with E-state index in [2.05, 4.69) is 39.2 Å². The Balaban J connectivity index is 1.35. The molecule has 3 heterocycles. The van der Waals surface area contributed by atoms with Gasteiger partial charge in [-0.25, -0.2) is 17.9 Å². The molecule has 0 atom stereocenters. The van der Waals surface area contributed by atoms with Gasteiger partial charge in [-0.15, -0.1) is 0 Å². The first-order valence-electron chi connectivity index (χ1n) is 11.4. The Bertz CT molecular complexity index is 1370. The van der Waals surface area contributed by atoms with Gasteiger partial charge >= 0.3 is 0 Å². The zero-order valence-electron chi connectivity index (χ0n) is 18.8. The molecule has 0 radical (unpaired) electrons. The lowest BCUT2D eigenvalue weighted by Gasteiger charge is -2.26. The van der Waals surface area contributed by atoms with E-state index >= 15 is 0 Å². The Kier molecular flexibility index (Phi) is 6.00. The Labute approximate surface area is 194 Å². The minimum atomic E-state index is -3.28. The Morgan fingerprint density at radius 3 is 2.45 bits per heavy atom. The van der Waals surface area contributed by atoms with Gasteiger partial charge in [0.05, 0.1) is 11.1 Å². The summed E-state index contributed by atoms with van der Waals surface area (Å²) in [6.45, 7) is 3.59. The molecule has 4 aromatic rings. The number of aromatic nitrogens is 3. The lowest BCUT2D eigenvalue weighted by molar-refractivity contribution is 0.231. The fourth-order valence-corrected chi connectivity index (χ4v) is 5.12. The van der Waals surface area contributed by atoms with Gasteiger partial charge in [0, 0.05) is 36.3 Å². The summed E-state index contributed by atoms with van der Waals surface area (Å²) in [5.74, 6) is 0.